The van der Waals surface area contributed by atoms with Crippen LogP contribution >= 0.6 is 31.9 Å². The quantitative estimate of drug-likeness (QED) is 0.772. The first-order chi connectivity index (χ1) is 7.63. The summed E-state index contributed by atoms with van der Waals surface area (Å²) in [4.78, 5) is 7.75. The molecule has 16 heavy (non-hydrogen) atoms. The summed E-state index contributed by atoms with van der Waals surface area (Å²) in [6.45, 7) is 0. The number of hydrogen-bond donors (Lipinski definition) is 0. The van der Waals surface area contributed by atoms with Crippen molar-refractivity contribution in [3.63, 3.8) is 0 Å². The molecule has 0 aliphatic rings. The molecule has 0 aliphatic carbocycles. The molecule has 0 saturated heterocycles. The summed E-state index contributed by atoms with van der Waals surface area (Å²) in [6, 6.07) is 5.88. The zero-order chi connectivity index (χ0) is 11.5. The van der Waals surface area contributed by atoms with Crippen LogP contribution in [0.4, 0.5) is 4.39 Å². The van der Waals surface area contributed by atoms with Crippen LogP contribution in [0, 0.1) is 5.82 Å². The molecular formula is C10H5Br2FN2O. The van der Waals surface area contributed by atoms with Crippen molar-refractivity contribution in [1.82, 2.24) is 9.97 Å². The predicted molar refractivity (Wildman–Crippen MR) is 63.9 cm³/mol. The highest BCUT2D eigenvalue weighted by Gasteiger charge is 2.03. The average Bonchev–Trinajstić information content (AvgIpc) is 2.15. The maximum absolute atomic E-state index is 13.1. The van der Waals surface area contributed by atoms with E-state index in [4.69, 9.17) is 4.74 Å². The summed E-state index contributed by atoms with van der Waals surface area (Å²) in [5.41, 5.74) is 0. The van der Waals surface area contributed by atoms with E-state index in [0.717, 1.165) is 0 Å². The van der Waals surface area contributed by atoms with Crippen LogP contribution in [0.25, 0.3) is 0 Å². The van der Waals surface area contributed by atoms with Gasteiger partial charge in [-0.25, -0.2) is 14.4 Å². The molecule has 1 aromatic heterocycles. The molecule has 0 atom stereocenters. The van der Waals surface area contributed by atoms with Crippen LogP contribution in [0.5, 0.6) is 11.6 Å². The maximum atomic E-state index is 13.1. The molecule has 0 N–H and O–H groups in total. The van der Waals surface area contributed by atoms with Gasteiger partial charge in [0.2, 0.25) is 5.88 Å². The maximum Gasteiger partial charge on any atom is 0.223 e. The van der Waals surface area contributed by atoms with Crippen LogP contribution in [-0.4, -0.2) is 9.97 Å². The van der Waals surface area contributed by atoms with Crippen molar-refractivity contribution in [2.75, 3.05) is 0 Å². The summed E-state index contributed by atoms with van der Waals surface area (Å²) in [5, 5.41) is 0. The Labute approximate surface area is 108 Å². The zero-order valence-electron chi connectivity index (χ0n) is 7.82. The molecule has 0 bridgehead atoms. The third-order valence-electron chi connectivity index (χ3n) is 1.67. The lowest BCUT2D eigenvalue weighted by atomic mass is 10.3. The molecule has 0 spiro atoms. The summed E-state index contributed by atoms with van der Waals surface area (Å²) in [6.07, 6.45) is 1.35. The van der Waals surface area contributed by atoms with Gasteiger partial charge in [0.25, 0.3) is 0 Å². The van der Waals surface area contributed by atoms with E-state index in [2.05, 4.69) is 41.8 Å². The normalized spacial score (nSPS) is 10.2. The molecule has 1 heterocycles. The lowest BCUT2D eigenvalue weighted by Crippen LogP contribution is -1.89. The molecule has 0 aliphatic heterocycles. The molecule has 82 valence electrons. The average molecular weight is 348 g/mol. The number of halogens is 3. The Morgan fingerprint density at radius 2 is 1.88 bits per heavy atom. The fraction of sp³-hybridized carbons (Fsp3) is 0. The van der Waals surface area contributed by atoms with Crippen molar-refractivity contribution in [2.45, 2.75) is 0 Å². The smallest absolute Gasteiger partial charge is 0.223 e. The standard InChI is InChI=1S/C10H5Br2FN2O/c11-6-1-7(13)3-8(2-6)16-10-4-9(12)14-5-15-10/h1-5H. The van der Waals surface area contributed by atoms with E-state index in [1.54, 1.807) is 12.1 Å². The molecule has 3 nitrogen and oxygen atoms in total. The minimum atomic E-state index is -0.377. The fourth-order valence-corrected chi connectivity index (χ4v) is 1.81. The second-order valence-electron chi connectivity index (χ2n) is 2.89. The van der Waals surface area contributed by atoms with Gasteiger partial charge in [-0.3, -0.25) is 0 Å². The Kier molecular flexibility index (Phi) is 3.50. The number of hydrogen-bond acceptors (Lipinski definition) is 3. The first-order valence-corrected chi connectivity index (χ1v) is 5.83. The summed E-state index contributed by atoms with van der Waals surface area (Å²) < 4.78 is 19.6. The zero-order valence-corrected chi connectivity index (χ0v) is 11.0. The molecule has 0 saturated carbocycles. The van der Waals surface area contributed by atoms with E-state index in [-0.39, 0.29) is 5.82 Å². The Balaban J connectivity index is 2.27. The second kappa shape index (κ2) is 4.88. The van der Waals surface area contributed by atoms with Gasteiger partial charge in [0.05, 0.1) is 0 Å². The van der Waals surface area contributed by atoms with E-state index in [0.29, 0.717) is 20.7 Å². The van der Waals surface area contributed by atoms with E-state index in [1.165, 1.54) is 18.5 Å². The molecule has 6 heteroatoms. The van der Waals surface area contributed by atoms with Gasteiger partial charge >= 0.3 is 0 Å². The minimum Gasteiger partial charge on any atom is -0.439 e. The van der Waals surface area contributed by atoms with Crippen LogP contribution in [0.2, 0.25) is 0 Å². The van der Waals surface area contributed by atoms with Crippen molar-refractivity contribution in [1.29, 1.82) is 0 Å². The summed E-state index contributed by atoms with van der Waals surface area (Å²) in [7, 11) is 0. The van der Waals surface area contributed by atoms with E-state index >= 15 is 0 Å². The van der Waals surface area contributed by atoms with Gasteiger partial charge in [0, 0.05) is 16.6 Å². The highest BCUT2D eigenvalue weighted by Crippen LogP contribution is 2.25. The SMILES string of the molecule is Fc1cc(Br)cc(Oc2cc(Br)ncn2)c1. The molecule has 2 aromatic rings. The van der Waals surface area contributed by atoms with Gasteiger partial charge in [-0.15, -0.1) is 0 Å². The number of aromatic nitrogens is 2. The van der Waals surface area contributed by atoms with Gasteiger partial charge in [0.1, 0.15) is 22.5 Å². The monoisotopic (exact) mass is 346 g/mol. The Hall–Kier alpha value is -1.01. The highest BCUT2D eigenvalue weighted by atomic mass is 79.9. The van der Waals surface area contributed by atoms with Crippen molar-refractivity contribution in [3.05, 3.63) is 45.5 Å². The Morgan fingerprint density at radius 1 is 1.06 bits per heavy atom. The van der Waals surface area contributed by atoms with Gasteiger partial charge < -0.3 is 4.74 Å². The topological polar surface area (TPSA) is 35.0 Å². The number of rotatable bonds is 2. The molecule has 0 radical (unpaired) electrons. The van der Waals surface area contributed by atoms with Crippen LogP contribution < -0.4 is 4.74 Å². The van der Waals surface area contributed by atoms with Crippen LogP contribution in [0.3, 0.4) is 0 Å². The van der Waals surface area contributed by atoms with E-state index < -0.39 is 0 Å². The van der Waals surface area contributed by atoms with Crippen molar-refractivity contribution in [3.8, 4) is 11.6 Å². The lowest BCUT2D eigenvalue weighted by molar-refractivity contribution is 0.455. The molecule has 0 amide bonds. The molecular weight excluding hydrogens is 343 g/mol. The highest BCUT2D eigenvalue weighted by molar-refractivity contribution is 9.10. The molecule has 0 unspecified atom stereocenters. The second-order valence-corrected chi connectivity index (χ2v) is 4.61. The van der Waals surface area contributed by atoms with E-state index in [9.17, 15) is 4.39 Å². The predicted octanol–water partition coefficient (Wildman–Crippen LogP) is 3.93. The van der Waals surface area contributed by atoms with Crippen LogP contribution in [0.1, 0.15) is 0 Å². The Bertz CT molecular complexity index is 502. The third-order valence-corrected chi connectivity index (χ3v) is 2.56. The van der Waals surface area contributed by atoms with Gasteiger partial charge in [-0.05, 0) is 28.1 Å². The van der Waals surface area contributed by atoms with Gasteiger partial charge in [-0.1, -0.05) is 15.9 Å². The summed E-state index contributed by atoms with van der Waals surface area (Å²) in [5.74, 6) is 0.342. The van der Waals surface area contributed by atoms with Crippen LogP contribution in [0.15, 0.2) is 39.7 Å². The summed E-state index contributed by atoms with van der Waals surface area (Å²) >= 11 is 6.37. The van der Waals surface area contributed by atoms with Crippen molar-refractivity contribution in [2.24, 2.45) is 0 Å². The minimum absolute atomic E-state index is 0.347. The van der Waals surface area contributed by atoms with Crippen LogP contribution in [-0.2, 0) is 0 Å². The largest absolute Gasteiger partial charge is 0.439 e. The van der Waals surface area contributed by atoms with E-state index in [1.807, 2.05) is 0 Å². The first kappa shape index (κ1) is 11.5. The van der Waals surface area contributed by atoms with Gasteiger partial charge in [0.15, 0.2) is 0 Å². The first-order valence-electron chi connectivity index (χ1n) is 4.25. The molecule has 0 fully saturated rings. The van der Waals surface area contributed by atoms with Crippen molar-refractivity contribution < 1.29 is 9.13 Å². The number of benzene rings is 1. The fourth-order valence-electron chi connectivity index (χ4n) is 1.08. The number of nitrogens with zero attached hydrogens (tertiary/aromatic N) is 2. The number of ether oxygens (including phenoxy) is 1. The Morgan fingerprint density at radius 3 is 2.56 bits per heavy atom. The van der Waals surface area contributed by atoms with Gasteiger partial charge in [-0.2, -0.15) is 0 Å². The lowest BCUT2D eigenvalue weighted by Gasteiger charge is -2.05. The molecule has 2 rings (SSSR count). The van der Waals surface area contributed by atoms with Crippen molar-refractivity contribution >= 4 is 31.9 Å². The third kappa shape index (κ3) is 2.99. The molecule has 1 aromatic carbocycles.